The fourth-order valence-electron chi connectivity index (χ4n) is 3.72. The molecule has 7 nitrogen and oxygen atoms in total. The molecule has 2 amide bonds. The number of ether oxygens (including phenoxy) is 1. The van der Waals surface area contributed by atoms with Gasteiger partial charge in [0.05, 0.1) is 0 Å². The van der Waals surface area contributed by atoms with Gasteiger partial charge in [-0.1, -0.05) is 60.7 Å². The molecule has 1 aliphatic carbocycles. The average molecular weight is 434 g/mol. The minimum atomic E-state index is -1.11. The molecule has 2 aromatic carbocycles. The summed E-state index contributed by atoms with van der Waals surface area (Å²) in [5.41, 5.74) is 4.56. The van der Waals surface area contributed by atoms with Crippen molar-refractivity contribution in [2.24, 2.45) is 0 Å². The quantitative estimate of drug-likeness (QED) is 0.391. The van der Waals surface area contributed by atoms with Crippen LogP contribution in [0.5, 0.6) is 0 Å². The van der Waals surface area contributed by atoms with Crippen LogP contribution in [0.3, 0.4) is 0 Å². The van der Waals surface area contributed by atoms with Gasteiger partial charge < -0.3 is 20.5 Å². The van der Waals surface area contributed by atoms with E-state index in [0.29, 0.717) is 6.42 Å². The van der Waals surface area contributed by atoms with Crippen molar-refractivity contribution in [1.82, 2.24) is 10.6 Å². The summed E-state index contributed by atoms with van der Waals surface area (Å²) in [4.78, 5) is 35.1. The number of fused-ring (bicyclic) bond motifs is 3. The number of hydrogen-bond donors (Lipinski definition) is 3. The molecule has 2 aromatic rings. The molecule has 7 heteroatoms. The summed E-state index contributed by atoms with van der Waals surface area (Å²) < 4.78 is 5.42. The zero-order chi connectivity index (χ0) is 22.9. The topological polar surface area (TPSA) is 105 Å². The van der Waals surface area contributed by atoms with Gasteiger partial charge in [-0.05, 0) is 35.1 Å². The number of rotatable bonds is 10. The molecule has 0 aromatic heterocycles. The third-order valence-corrected chi connectivity index (χ3v) is 5.25. The Balaban J connectivity index is 1.46. The van der Waals surface area contributed by atoms with Crippen LogP contribution in [0.15, 0.2) is 73.3 Å². The molecule has 0 spiro atoms. The van der Waals surface area contributed by atoms with Gasteiger partial charge in [0.1, 0.15) is 12.6 Å². The molecule has 3 rings (SSSR count). The predicted octanol–water partition coefficient (Wildman–Crippen LogP) is 3.62. The van der Waals surface area contributed by atoms with E-state index in [-0.39, 0.29) is 25.5 Å². The first-order valence-electron chi connectivity index (χ1n) is 10.4. The molecule has 1 aliphatic rings. The van der Waals surface area contributed by atoms with E-state index in [1.807, 2.05) is 36.4 Å². The van der Waals surface area contributed by atoms with E-state index >= 15 is 0 Å². The highest BCUT2D eigenvalue weighted by Crippen LogP contribution is 2.44. The highest BCUT2D eigenvalue weighted by molar-refractivity contribution is 5.91. The fraction of sp³-hybridized carbons (Fsp3) is 0.240. The lowest BCUT2D eigenvalue weighted by Gasteiger charge is -2.14. The van der Waals surface area contributed by atoms with Gasteiger partial charge in [-0.2, -0.15) is 0 Å². The second kappa shape index (κ2) is 10.9. The number of carbonyl (C=O) groups is 3. The van der Waals surface area contributed by atoms with Crippen molar-refractivity contribution in [3.8, 4) is 11.1 Å². The van der Waals surface area contributed by atoms with Gasteiger partial charge >= 0.3 is 12.1 Å². The van der Waals surface area contributed by atoms with Crippen molar-refractivity contribution in [3.05, 3.63) is 84.5 Å². The van der Waals surface area contributed by atoms with E-state index in [1.54, 1.807) is 6.08 Å². The number of carboxylic acid groups (broad SMARTS) is 1. The van der Waals surface area contributed by atoms with E-state index in [1.165, 1.54) is 12.2 Å². The second-order valence-electron chi connectivity index (χ2n) is 7.37. The number of nitrogens with one attached hydrogen (secondary N) is 2. The number of amides is 2. The number of carboxylic acids is 1. The molecule has 0 heterocycles. The van der Waals surface area contributed by atoms with Gasteiger partial charge in [0.2, 0.25) is 5.91 Å². The molecule has 0 radical (unpaired) electrons. The number of carbonyl (C=O) groups excluding carboxylic acids is 2. The normalized spacial score (nSPS) is 13.1. The number of alkyl carbamates (subject to hydrolysis) is 1. The summed E-state index contributed by atoms with van der Waals surface area (Å²) >= 11 is 0. The average Bonchev–Trinajstić information content (AvgIpc) is 3.11. The standard InChI is InChI=1S/C25H26N2O5/c1-2-3-13-22(24(29)30)27-23(28)14-8-15-26-25(31)32-16-21-19-11-6-4-9-17(19)18-10-5-7-12-20(18)21/h2,4-12,14,21-22H,1,3,13,15-16H2,(H,26,31)(H,27,28)(H,29,30)/b14-8+. The lowest BCUT2D eigenvalue weighted by Crippen LogP contribution is -2.39. The first kappa shape index (κ1) is 22.8. The van der Waals surface area contributed by atoms with Crippen LogP contribution in [0, 0.1) is 0 Å². The minimum absolute atomic E-state index is 0.0296. The fourth-order valence-corrected chi connectivity index (χ4v) is 3.72. The lowest BCUT2D eigenvalue weighted by atomic mass is 9.98. The van der Waals surface area contributed by atoms with Crippen LogP contribution in [0.1, 0.15) is 29.9 Å². The first-order valence-corrected chi connectivity index (χ1v) is 10.4. The molecule has 0 saturated heterocycles. The Morgan fingerprint density at radius 2 is 1.69 bits per heavy atom. The molecule has 166 valence electrons. The lowest BCUT2D eigenvalue weighted by molar-refractivity contribution is -0.141. The Labute approximate surface area is 186 Å². The third-order valence-electron chi connectivity index (χ3n) is 5.25. The van der Waals surface area contributed by atoms with Crippen molar-refractivity contribution in [3.63, 3.8) is 0 Å². The minimum Gasteiger partial charge on any atom is -0.480 e. The van der Waals surface area contributed by atoms with E-state index in [2.05, 4.69) is 29.3 Å². The van der Waals surface area contributed by atoms with E-state index < -0.39 is 24.0 Å². The van der Waals surface area contributed by atoms with Crippen LogP contribution in [0.4, 0.5) is 4.79 Å². The molecule has 0 saturated carbocycles. The molecule has 0 fully saturated rings. The number of allylic oxidation sites excluding steroid dienone is 1. The van der Waals surface area contributed by atoms with Crippen LogP contribution in [0.2, 0.25) is 0 Å². The molecule has 0 aliphatic heterocycles. The summed E-state index contributed by atoms with van der Waals surface area (Å²) in [7, 11) is 0. The van der Waals surface area contributed by atoms with Crippen molar-refractivity contribution in [2.75, 3.05) is 13.2 Å². The van der Waals surface area contributed by atoms with Gasteiger partial charge in [-0.3, -0.25) is 4.79 Å². The van der Waals surface area contributed by atoms with Gasteiger partial charge in [0, 0.05) is 18.5 Å². The van der Waals surface area contributed by atoms with Crippen LogP contribution >= 0.6 is 0 Å². The first-order chi connectivity index (χ1) is 15.5. The van der Waals surface area contributed by atoms with E-state index in [9.17, 15) is 14.4 Å². The Bertz CT molecular complexity index is 985. The van der Waals surface area contributed by atoms with Crippen LogP contribution < -0.4 is 10.6 Å². The number of benzene rings is 2. The molecule has 0 bridgehead atoms. The van der Waals surface area contributed by atoms with Crippen molar-refractivity contribution < 1.29 is 24.2 Å². The van der Waals surface area contributed by atoms with Gasteiger partial charge in [0.25, 0.3) is 0 Å². The number of aliphatic carboxylic acids is 1. The van der Waals surface area contributed by atoms with Crippen molar-refractivity contribution in [2.45, 2.75) is 24.8 Å². The summed E-state index contributed by atoms with van der Waals surface area (Å²) in [6.07, 6.45) is 4.36. The number of hydrogen-bond acceptors (Lipinski definition) is 4. The largest absolute Gasteiger partial charge is 0.480 e. The molecule has 3 N–H and O–H groups in total. The van der Waals surface area contributed by atoms with Gasteiger partial charge in [-0.15, -0.1) is 6.58 Å². The molecular formula is C25H26N2O5. The highest BCUT2D eigenvalue weighted by Gasteiger charge is 2.28. The van der Waals surface area contributed by atoms with Gasteiger partial charge in [-0.25, -0.2) is 9.59 Å². The molecular weight excluding hydrogens is 408 g/mol. The van der Waals surface area contributed by atoms with Crippen LogP contribution in [-0.4, -0.2) is 42.3 Å². The SMILES string of the molecule is C=CCCC(NC(=O)/C=C/CNC(=O)OCC1c2ccccc2-c2ccccc21)C(=O)O. The van der Waals surface area contributed by atoms with Gasteiger partial charge in [0.15, 0.2) is 0 Å². The highest BCUT2D eigenvalue weighted by atomic mass is 16.5. The Kier molecular flexibility index (Phi) is 7.80. The molecule has 1 atom stereocenters. The smallest absolute Gasteiger partial charge is 0.407 e. The molecule has 32 heavy (non-hydrogen) atoms. The van der Waals surface area contributed by atoms with E-state index in [0.717, 1.165) is 22.3 Å². The van der Waals surface area contributed by atoms with Crippen molar-refractivity contribution >= 4 is 18.0 Å². The summed E-state index contributed by atoms with van der Waals surface area (Å²) in [6, 6.07) is 15.2. The maximum atomic E-state index is 12.1. The van der Waals surface area contributed by atoms with E-state index in [4.69, 9.17) is 9.84 Å². The predicted molar refractivity (Wildman–Crippen MR) is 121 cm³/mol. The van der Waals surface area contributed by atoms with Crippen LogP contribution in [0.25, 0.3) is 11.1 Å². The summed E-state index contributed by atoms with van der Waals surface area (Å²) in [5.74, 6) is -1.68. The Morgan fingerprint density at radius 3 is 2.28 bits per heavy atom. The summed E-state index contributed by atoms with van der Waals surface area (Å²) in [6.45, 7) is 3.82. The maximum Gasteiger partial charge on any atom is 0.407 e. The zero-order valence-corrected chi connectivity index (χ0v) is 17.6. The van der Waals surface area contributed by atoms with Crippen LogP contribution in [-0.2, 0) is 14.3 Å². The molecule has 1 unspecified atom stereocenters. The summed E-state index contributed by atoms with van der Waals surface area (Å²) in [5, 5.41) is 14.1. The van der Waals surface area contributed by atoms with Crippen molar-refractivity contribution in [1.29, 1.82) is 0 Å². The monoisotopic (exact) mass is 434 g/mol. The zero-order valence-electron chi connectivity index (χ0n) is 17.6. The second-order valence-corrected chi connectivity index (χ2v) is 7.37. The maximum absolute atomic E-state index is 12.1. The Hall–Kier alpha value is -3.87. The Morgan fingerprint density at radius 1 is 1.06 bits per heavy atom. The third kappa shape index (κ3) is 5.63.